The highest BCUT2D eigenvalue weighted by Crippen LogP contribution is 2.29. The van der Waals surface area contributed by atoms with E-state index in [2.05, 4.69) is 78.0 Å². The smallest absolute Gasteiger partial charge is 0.244 e. The molecule has 3 heteroatoms. The molecule has 3 aromatic rings. The van der Waals surface area contributed by atoms with Crippen LogP contribution in [0.3, 0.4) is 0 Å². The van der Waals surface area contributed by atoms with Crippen molar-refractivity contribution in [3.05, 3.63) is 65.4 Å². The molecule has 0 fully saturated rings. The summed E-state index contributed by atoms with van der Waals surface area (Å²) in [4.78, 5) is 6.90. The first-order valence-corrected chi connectivity index (χ1v) is 8.43. The van der Waals surface area contributed by atoms with Crippen LogP contribution >= 0.6 is 0 Å². The van der Waals surface area contributed by atoms with Gasteiger partial charge in [0.1, 0.15) is 24.3 Å². The number of fused-ring (bicyclic) bond motifs is 1. The first-order valence-electron chi connectivity index (χ1n) is 8.43. The number of rotatable bonds is 2. The van der Waals surface area contributed by atoms with Crippen molar-refractivity contribution in [2.45, 2.75) is 20.8 Å². The van der Waals surface area contributed by atoms with Gasteiger partial charge in [0, 0.05) is 11.6 Å². The molecule has 4 rings (SSSR count). The number of pyridine rings is 1. The van der Waals surface area contributed by atoms with E-state index in [-0.39, 0.29) is 0 Å². The van der Waals surface area contributed by atoms with Crippen LogP contribution in [-0.4, -0.2) is 29.0 Å². The van der Waals surface area contributed by atoms with Crippen molar-refractivity contribution in [3.63, 3.8) is 0 Å². The number of aryl methyl sites for hydroxylation is 3. The summed E-state index contributed by atoms with van der Waals surface area (Å²) in [6.45, 7) is 8.53. The predicted molar refractivity (Wildman–Crippen MR) is 101 cm³/mol. The molecule has 0 amide bonds. The monoisotopic (exact) mass is 316 g/mol. The molecule has 2 heterocycles. The molecule has 1 aromatic heterocycles. The molecule has 1 aliphatic heterocycles. The second-order valence-electron chi connectivity index (χ2n) is 6.60. The Morgan fingerprint density at radius 3 is 2.54 bits per heavy atom. The lowest BCUT2D eigenvalue weighted by molar-refractivity contribution is -0.425. The Morgan fingerprint density at radius 2 is 1.75 bits per heavy atom. The molecular weight excluding hydrogens is 294 g/mol. The molecule has 3 nitrogen and oxygen atoms in total. The normalized spacial score (nSPS) is 14.3. The summed E-state index contributed by atoms with van der Waals surface area (Å²) < 4.78 is 2.37. The summed E-state index contributed by atoms with van der Waals surface area (Å²) in [7, 11) is 0. The third-order valence-electron chi connectivity index (χ3n) is 4.70. The maximum absolute atomic E-state index is 4.59. The van der Waals surface area contributed by atoms with Gasteiger partial charge >= 0.3 is 0 Å². The Morgan fingerprint density at radius 1 is 1.00 bits per heavy atom. The molecule has 0 aliphatic carbocycles. The number of anilines is 1. The van der Waals surface area contributed by atoms with Crippen LogP contribution in [0, 0.1) is 20.8 Å². The van der Waals surface area contributed by atoms with Gasteiger partial charge in [-0.2, -0.15) is 0 Å². The summed E-state index contributed by atoms with van der Waals surface area (Å²) in [5, 5.41) is 1.18. The quantitative estimate of drug-likeness (QED) is 0.655. The Kier molecular flexibility index (Phi) is 3.57. The molecule has 2 aromatic carbocycles. The average Bonchev–Trinajstić information content (AvgIpc) is 3.02. The molecule has 0 saturated carbocycles. The van der Waals surface area contributed by atoms with Crippen LogP contribution in [0.25, 0.3) is 10.9 Å². The fraction of sp³-hybridized carbons (Fsp3) is 0.238. The van der Waals surface area contributed by atoms with Gasteiger partial charge in [-0.25, -0.2) is 9.48 Å². The van der Waals surface area contributed by atoms with E-state index in [1.807, 2.05) is 12.3 Å². The molecule has 0 saturated heterocycles. The van der Waals surface area contributed by atoms with Crippen LogP contribution in [0.5, 0.6) is 0 Å². The van der Waals surface area contributed by atoms with Crippen molar-refractivity contribution in [2.75, 3.05) is 18.0 Å². The summed E-state index contributed by atoms with van der Waals surface area (Å²) in [5.41, 5.74) is 7.57. The zero-order chi connectivity index (χ0) is 16.7. The Balaban J connectivity index is 1.78. The lowest BCUT2D eigenvalue weighted by Gasteiger charge is -2.09. The topological polar surface area (TPSA) is 19.1 Å². The van der Waals surface area contributed by atoms with Crippen LogP contribution in [0.1, 0.15) is 16.7 Å². The lowest BCUT2D eigenvalue weighted by atomic mass is 10.0. The van der Waals surface area contributed by atoms with Crippen molar-refractivity contribution in [3.8, 4) is 0 Å². The SMILES string of the molecule is Cc1cc(C)c([N+]2=CN(c3cccc4cccnc34)CC2)c(C)c1. The highest BCUT2D eigenvalue weighted by Gasteiger charge is 2.26. The molecule has 0 radical (unpaired) electrons. The van der Waals surface area contributed by atoms with Gasteiger partial charge in [0.15, 0.2) is 5.69 Å². The number of aromatic nitrogens is 1. The minimum Gasteiger partial charge on any atom is -0.252 e. The molecule has 0 bridgehead atoms. The molecular formula is C21H22N3+. The number of benzene rings is 2. The van der Waals surface area contributed by atoms with Gasteiger partial charge in [0.05, 0.1) is 0 Å². The standard InChI is InChI=1S/C21H22N3/c1-15-12-16(2)21(17(3)13-15)24-11-10-23(14-24)19-8-4-6-18-7-5-9-22-20(18)19/h4-9,12-14H,10-11H2,1-3H3/q+1. The van der Waals surface area contributed by atoms with E-state index in [9.17, 15) is 0 Å². The van der Waals surface area contributed by atoms with Gasteiger partial charge < -0.3 is 0 Å². The maximum atomic E-state index is 4.59. The minimum atomic E-state index is 0.975. The van der Waals surface area contributed by atoms with Crippen molar-refractivity contribution in [2.24, 2.45) is 0 Å². The summed E-state index contributed by atoms with van der Waals surface area (Å²) >= 11 is 0. The first-order chi connectivity index (χ1) is 11.6. The van der Waals surface area contributed by atoms with Crippen molar-refractivity contribution in [1.82, 2.24) is 4.98 Å². The third kappa shape index (κ3) is 2.46. The molecule has 0 unspecified atom stereocenters. The molecule has 24 heavy (non-hydrogen) atoms. The van der Waals surface area contributed by atoms with Gasteiger partial charge in [-0.15, -0.1) is 0 Å². The fourth-order valence-electron chi connectivity index (χ4n) is 3.80. The average molecular weight is 316 g/mol. The van der Waals surface area contributed by atoms with Crippen LogP contribution in [0.2, 0.25) is 0 Å². The second-order valence-corrected chi connectivity index (χ2v) is 6.60. The minimum absolute atomic E-state index is 0.975. The second kappa shape index (κ2) is 5.75. The van der Waals surface area contributed by atoms with Crippen LogP contribution in [-0.2, 0) is 0 Å². The number of hydrogen-bond acceptors (Lipinski definition) is 2. The first kappa shape index (κ1) is 14.9. The summed E-state index contributed by atoms with van der Waals surface area (Å²) in [6, 6.07) is 15.0. The Bertz CT molecular complexity index is 928. The van der Waals surface area contributed by atoms with Gasteiger partial charge in [0.25, 0.3) is 0 Å². The molecule has 0 atom stereocenters. The van der Waals surface area contributed by atoms with Crippen molar-refractivity contribution >= 4 is 28.6 Å². The van der Waals surface area contributed by atoms with Crippen LogP contribution < -0.4 is 4.90 Å². The number of para-hydroxylation sites is 1. The van der Waals surface area contributed by atoms with Crippen molar-refractivity contribution in [1.29, 1.82) is 0 Å². The number of hydrogen-bond donors (Lipinski definition) is 0. The number of nitrogens with zero attached hydrogens (tertiary/aromatic N) is 3. The van der Waals surface area contributed by atoms with Crippen molar-refractivity contribution < 1.29 is 4.58 Å². The fourth-order valence-corrected chi connectivity index (χ4v) is 3.80. The Labute approximate surface area is 142 Å². The van der Waals surface area contributed by atoms with E-state index >= 15 is 0 Å². The Hall–Kier alpha value is -2.68. The highest BCUT2D eigenvalue weighted by molar-refractivity contribution is 5.96. The third-order valence-corrected chi connectivity index (χ3v) is 4.70. The highest BCUT2D eigenvalue weighted by atomic mass is 15.3. The summed E-state index contributed by atoms with van der Waals surface area (Å²) in [6.07, 6.45) is 4.10. The van der Waals surface area contributed by atoms with Gasteiger partial charge in [-0.3, -0.25) is 4.98 Å². The molecule has 0 N–H and O–H groups in total. The van der Waals surface area contributed by atoms with Gasteiger partial charge in [-0.1, -0.05) is 35.9 Å². The van der Waals surface area contributed by atoms with E-state index in [1.54, 1.807) is 0 Å². The van der Waals surface area contributed by atoms with E-state index in [4.69, 9.17) is 0 Å². The lowest BCUT2D eigenvalue weighted by Crippen LogP contribution is -2.18. The zero-order valence-corrected chi connectivity index (χ0v) is 14.5. The van der Waals surface area contributed by atoms with E-state index in [0.717, 1.165) is 18.6 Å². The largest absolute Gasteiger partial charge is 0.252 e. The predicted octanol–water partition coefficient (Wildman–Crippen LogP) is 4.35. The van der Waals surface area contributed by atoms with Crippen LogP contribution in [0.15, 0.2) is 48.7 Å². The molecule has 1 aliphatic rings. The van der Waals surface area contributed by atoms with E-state index < -0.39 is 0 Å². The molecule has 0 spiro atoms. The van der Waals surface area contributed by atoms with Gasteiger partial charge in [-0.05, 0) is 44.0 Å². The van der Waals surface area contributed by atoms with Gasteiger partial charge in [0.2, 0.25) is 6.34 Å². The summed E-state index contributed by atoms with van der Waals surface area (Å²) in [5.74, 6) is 0. The maximum Gasteiger partial charge on any atom is 0.244 e. The molecule has 120 valence electrons. The zero-order valence-electron chi connectivity index (χ0n) is 14.5. The van der Waals surface area contributed by atoms with E-state index in [0.29, 0.717) is 0 Å². The van der Waals surface area contributed by atoms with E-state index in [1.165, 1.54) is 33.5 Å². The van der Waals surface area contributed by atoms with Crippen LogP contribution in [0.4, 0.5) is 11.4 Å².